The highest BCUT2D eigenvalue weighted by Gasteiger charge is 2.34. The largest absolute Gasteiger partial charge is 0.489 e. The highest BCUT2D eigenvalue weighted by molar-refractivity contribution is 6.25. The lowest BCUT2D eigenvalue weighted by Crippen LogP contribution is -2.21. The van der Waals surface area contributed by atoms with Crippen LogP contribution in [0.5, 0.6) is 5.75 Å². The molecule has 0 saturated carbocycles. The maximum Gasteiger partial charge on any atom is 0.419 e. The third-order valence-electron chi connectivity index (χ3n) is 2.80. The standard InChI is InChI=1S/C14H17ClF3NO/c1-2-11(19)8-10-4-5-13(20-7-3-6-15)12(9-10)14(16,17)18/h3-6,9,11H,2,7-8,19H2,1H3. The van der Waals surface area contributed by atoms with Crippen LogP contribution in [0.1, 0.15) is 24.5 Å². The lowest BCUT2D eigenvalue weighted by Gasteiger charge is -2.16. The number of ether oxygens (including phenoxy) is 1. The average Bonchev–Trinajstić information content (AvgIpc) is 2.39. The monoisotopic (exact) mass is 307 g/mol. The fraction of sp³-hybridized carbons (Fsp3) is 0.429. The van der Waals surface area contributed by atoms with Crippen molar-refractivity contribution in [3.8, 4) is 5.75 Å². The average molecular weight is 308 g/mol. The van der Waals surface area contributed by atoms with Crippen molar-refractivity contribution in [2.45, 2.75) is 32.0 Å². The fourth-order valence-corrected chi connectivity index (χ4v) is 1.75. The van der Waals surface area contributed by atoms with Gasteiger partial charge in [0.1, 0.15) is 12.4 Å². The molecular formula is C14H17ClF3NO. The summed E-state index contributed by atoms with van der Waals surface area (Å²) in [6, 6.07) is 3.87. The molecular weight excluding hydrogens is 291 g/mol. The smallest absolute Gasteiger partial charge is 0.419 e. The first-order valence-electron chi connectivity index (χ1n) is 6.22. The normalized spacial score (nSPS) is 13.7. The number of hydrogen-bond acceptors (Lipinski definition) is 2. The van der Waals surface area contributed by atoms with E-state index < -0.39 is 11.7 Å². The molecule has 0 amide bonds. The third-order valence-corrected chi connectivity index (χ3v) is 2.97. The molecule has 6 heteroatoms. The Hall–Kier alpha value is -1.20. The molecule has 2 N–H and O–H groups in total. The molecule has 1 aromatic carbocycles. The van der Waals surface area contributed by atoms with Gasteiger partial charge in [-0.3, -0.25) is 0 Å². The molecule has 0 aliphatic rings. The summed E-state index contributed by atoms with van der Waals surface area (Å²) >= 11 is 5.30. The van der Waals surface area contributed by atoms with Crippen LogP contribution in [0.2, 0.25) is 0 Å². The van der Waals surface area contributed by atoms with Gasteiger partial charge in [0.2, 0.25) is 0 Å². The van der Waals surface area contributed by atoms with Gasteiger partial charge in [-0.1, -0.05) is 24.6 Å². The second kappa shape index (κ2) is 7.55. The van der Waals surface area contributed by atoms with Gasteiger partial charge in [-0.05, 0) is 36.6 Å². The number of nitrogens with two attached hydrogens (primary N) is 1. The molecule has 112 valence electrons. The minimum Gasteiger partial charge on any atom is -0.489 e. The van der Waals surface area contributed by atoms with Gasteiger partial charge in [0.05, 0.1) is 5.56 Å². The van der Waals surface area contributed by atoms with E-state index in [2.05, 4.69) is 0 Å². The fourth-order valence-electron chi connectivity index (χ4n) is 1.67. The van der Waals surface area contributed by atoms with Crippen LogP contribution in [0.4, 0.5) is 13.2 Å². The van der Waals surface area contributed by atoms with E-state index >= 15 is 0 Å². The van der Waals surface area contributed by atoms with E-state index in [1.54, 1.807) is 6.07 Å². The zero-order chi connectivity index (χ0) is 15.2. The third kappa shape index (κ3) is 5.06. The van der Waals surface area contributed by atoms with Crippen LogP contribution in [0, 0.1) is 0 Å². The molecule has 0 spiro atoms. The van der Waals surface area contributed by atoms with Gasteiger partial charge in [0.15, 0.2) is 0 Å². The van der Waals surface area contributed by atoms with Crippen molar-refractivity contribution < 1.29 is 17.9 Å². The van der Waals surface area contributed by atoms with Crippen LogP contribution in [0.15, 0.2) is 29.8 Å². The number of rotatable bonds is 6. The molecule has 0 aliphatic carbocycles. The Morgan fingerprint density at radius 3 is 2.65 bits per heavy atom. The molecule has 0 heterocycles. The maximum absolute atomic E-state index is 13.0. The van der Waals surface area contributed by atoms with Gasteiger partial charge in [-0.25, -0.2) is 0 Å². The van der Waals surface area contributed by atoms with Crippen LogP contribution in [0.25, 0.3) is 0 Å². The van der Waals surface area contributed by atoms with Gasteiger partial charge in [-0.15, -0.1) is 0 Å². The first-order valence-corrected chi connectivity index (χ1v) is 6.65. The summed E-state index contributed by atoms with van der Waals surface area (Å²) in [5.74, 6) is -0.207. The van der Waals surface area contributed by atoms with E-state index in [1.807, 2.05) is 6.92 Å². The molecule has 20 heavy (non-hydrogen) atoms. The molecule has 1 rings (SSSR count). The highest BCUT2D eigenvalue weighted by Crippen LogP contribution is 2.37. The van der Waals surface area contributed by atoms with Crippen molar-refractivity contribution in [1.82, 2.24) is 0 Å². The number of halogens is 4. The number of benzene rings is 1. The Kier molecular flexibility index (Phi) is 6.36. The Labute approximate surface area is 121 Å². The first-order chi connectivity index (χ1) is 9.38. The molecule has 2 nitrogen and oxygen atoms in total. The molecule has 1 aromatic rings. The molecule has 0 aliphatic heterocycles. The molecule has 0 bridgehead atoms. The predicted octanol–water partition coefficient (Wildman–Crippen LogP) is 4.12. The lowest BCUT2D eigenvalue weighted by molar-refractivity contribution is -0.138. The Balaban J connectivity index is 3.00. The van der Waals surface area contributed by atoms with Gasteiger partial charge < -0.3 is 10.5 Å². The zero-order valence-corrected chi connectivity index (χ0v) is 11.8. The van der Waals surface area contributed by atoms with Crippen molar-refractivity contribution in [2.75, 3.05) is 6.61 Å². The first kappa shape index (κ1) is 16.9. The summed E-state index contributed by atoms with van der Waals surface area (Å²) in [5, 5.41) is 0. The maximum atomic E-state index is 13.0. The molecule has 0 aromatic heterocycles. The van der Waals surface area contributed by atoms with Crippen LogP contribution in [-0.4, -0.2) is 12.6 Å². The minimum absolute atomic E-state index is 0.0135. The van der Waals surface area contributed by atoms with Gasteiger partial charge in [0, 0.05) is 11.6 Å². The predicted molar refractivity (Wildman–Crippen MR) is 73.9 cm³/mol. The van der Waals surface area contributed by atoms with Crippen molar-refractivity contribution in [3.05, 3.63) is 40.9 Å². The Bertz CT molecular complexity index is 460. The van der Waals surface area contributed by atoms with E-state index in [-0.39, 0.29) is 18.4 Å². The van der Waals surface area contributed by atoms with Crippen molar-refractivity contribution >= 4 is 11.6 Å². The summed E-state index contributed by atoms with van der Waals surface area (Å²) in [6.07, 6.45) is -1.93. The second-order valence-electron chi connectivity index (χ2n) is 4.37. The summed E-state index contributed by atoms with van der Waals surface area (Å²) in [5.41, 5.74) is 6.72. The summed E-state index contributed by atoms with van der Waals surface area (Å²) in [6.45, 7) is 1.88. The number of alkyl halides is 3. The molecule has 1 atom stereocenters. The Morgan fingerprint density at radius 1 is 1.40 bits per heavy atom. The molecule has 0 saturated heterocycles. The van der Waals surface area contributed by atoms with E-state index in [1.165, 1.54) is 17.7 Å². The van der Waals surface area contributed by atoms with E-state index in [9.17, 15) is 13.2 Å². The summed E-state index contributed by atoms with van der Waals surface area (Å²) in [4.78, 5) is 0. The van der Waals surface area contributed by atoms with E-state index in [4.69, 9.17) is 22.1 Å². The second-order valence-corrected chi connectivity index (χ2v) is 4.63. The Morgan fingerprint density at radius 2 is 2.10 bits per heavy atom. The van der Waals surface area contributed by atoms with Crippen molar-refractivity contribution in [1.29, 1.82) is 0 Å². The van der Waals surface area contributed by atoms with E-state index in [0.29, 0.717) is 18.4 Å². The summed E-state index contributed by atoms with van der Waals surface area (Å²) < 4.78 is 44.1. The highest BCUT2D eigenvalue weighted by atomic mass is 35.5. The van der Waals surface area contributed by atoms with E-state index in [0.717, 1.165) is 6.07 Å². The van der Waals surface area contributed by atoms with Crippen molar-refractivity contribution in [2.24, 2.45) is 5.73 Å². The van der Waals surface area contributed by atoms with Crippen LogP contribution in [0.3, 0.4) is 0 Å². The summed E-state index contributed by atoms with van der Waals surface area (Å²) in [7, 11) is 0. The van der Waals surface area contributed by atoms with Gasteiger partial charge in [0.25, 0.3) is 0 Å². The molecule has 0 fully saturated rings. The zero-order valence-electron chi connectivity index (χ0n) is 11.1. The number of hydrogen-bond donors (Lipinski definition) is 1. The van der Waals surface area contributed by atoms with Crippen molar-refractivity contribution in [3.63, 3.8) is 0 Å². The molecule has 0 radical (unpaired) electrons. The SMILES string of the molecule is CCC(N)Cc1ccc(OCC=CCl)c(C(F)(F)F)c1. The van der Waals surface area contributed by atoms with Crippen LogP contribution < -0.4 is 10.5 Å². The van der Waals surface area contributed by atoms with Crippen LogP contribution >= 0.6 is 11.6 Å². The molecule has 1 unspecified atom stereocenters. The van der Waals surface area contributed by atoms with Crippen LogP contribution in [-0.2, 0) is 12.6 Å². The van der Waals surface area contributed by atoms with Gasteiger partial charge >= 0.3 is 6.18 Å². The lowest BCUT2D eigenvalue weighted by atomic mass is 10.0. The minimum atomic E-state index is -4.47. The van der Waals surface area contributed by atoms with Gasteiger partial charge in [-0.2, -0.15) is 13.2 Å². The topological polar surface area (TPSA) is 35.2 Å². The quantitative estimate of drug-likeness (QED) is 0.858.